The second kappa shape index (κ2) is 4.74. The first-order chi connectivity index (χ1) is 9.25. The van der Waals surface area contributed by atoms with Crippen molar-refractivity contribution in [3.8, 4) is 0 Å². The van der Waals surface area contributed by atoms with Gasteiger partial charge in [0.15, 0.2) is 5.04 Å². The number of rotatable bonds is 2. The van der Waals surface area contributed by atoms with Crippen molar-refractivity contribution in [1.82, 2.24) is 0 Å². The number of hydrogen-bond donors (Lipinski definition) is 0. The number of carbonyl (C=O) groups is 2. The van der Waals surface area contributed by atoms with Crippen LogP contribution in [0.1, 0.15) is 20.9 Å². The highest BCUT2D eigenvalue weighted by Gasteiger charge is 2.28. The fourth-order valence-corrected chi connectivity index (χ4v) is 2.49. The van der Waals surface area contributed by atoms with Gasteiger partial charge in [0, 0.05) is 10.5 Å². The first-order valence-corrected chi connectivity index (χ1v) is 6.22. The van der Waals surface area contributed by atoms with Gasteiger partial charge in [-0.25, -0.2) is 4.79 Å². The number of hydrogen-bond acceptors (Lipinski definition) is 6. The molecule has 1 aromatic carbocycles. The quantitative estimate of drug-likeness (QED) is 0.621. The number of oxime groups is 1. The van der Waals surface area contributed by atoms with Crippen LogP contribution in [0.25, 0.3) is 0 Å². The molecule has 3 rings (SSSR count). The van der Waals surface area contributed by atoms with E-state index in [1.807, 2.05) is 12.1 Å². The average molecular weight is 273 g/mol. The maximum absolute atomic E-state index is 11.9. The van der Waals surface area contributed by atoms with E-state index >= 15 is 0 Å². The lowest BCUT2D eigenvalue weighted by atomic mass is 10.1. The van der Waals surface area contributed by atoms with Crippen molar-refractivity contribution in [2.45, 2.75) is 4.90 Å². The molecule has 0 bridgehead atoms. The molecule has 0 spiro atoms. The van der Waals surface area contributed by atoms with Crippen LogP contribution in [0, 0.1) is 0 Å². The minimum atomic E-state index is -0.734. The number of carbonyl (C=O) groups excluding carboxylic acids is 2. The number of benzene rings is 1. The molecule has 0 fully saturated rings. The molecule has 6 heteroatoms. The van der Waals surface area contributed by atoms with Gasteiger partial charge in [0.25, 0.3) is 0 Å². The molecular formula is C13H7NO4S. The van der Waals surface area contributed by atoms with E-state index in [4.69, 9.17) is 4.42 Å². The summed E-state index contributed by atoms with van der Waals surface area (Å²) in [5.41, 5.74) is 0.570. The molecular weight excluding hydrogens is 266 g/mol. The third kappa shape index (κ3) is 2.17. The van der Waals surface area contributed by atoms with Gasteiger partial charge in [-0.1, -0.05) is 29.1 Å². The van der Waals surface area contributed by atoms with Crippen LogP contribution >= 0.6 is 11.8 Å². The molecule has 1 aliphatic rings. The Labute approximate surface area is 112 Å². The molecule has 0 N–H and O–H groups in total. The van der Waals surface area contributed by atoms with E-state index < -0.39 is 5.97 Å². The molecule has 0 atom stereocenters. The second-order valence-electron chi connectivity index (χ2n) is 3.68. The topological polar surface area (TPSA) is 68.9 Å². The van der Waals surface area contributed by atoms with Crippen molar-refractivity contribution < 1.29 is 18.8 Å². The van der Waals surface area contributed by atoms with E-state index in [0.717, 1.165) is 4.90 Å². The largest absolute Gasteiger partial charge is 0.457 e. The first-order valence-electron chi connectivity index (χ1n) is 5.40. The maximum Gasteiger partial charge on any atom is 0.400 e. The van der Waals surface area contributed by atoms with Crippen LogP contribution in [-0.4, -0.2) is 16.8 Å². The molecule has 94 valence electrons. The number of ketones is 1. The van der Waals surface area contributed by atoms with Crippen molar-refractivity contribution in [2.24, 2.45) is 5.16 Å². The van der Waals surface area contributed by atoms with E-state index in [-0.39, 0.29) is 16.6 Å². The van der Waals surface area contributed by atoms with Gasteiger partial charge in [0.2, 0.25) is 11.5 Å². The molecule has 5 nitrogen and oxygen atoms in total. The molecule has 1 aromatic heterocycles. The van der Waals surface area contributed by atoms with Gasteiger partial charge in [-0.3, -0.25) is 4.79 Å². The van der Waals surface area contributed by atoms with E-state index in [9.17, 15) is 9.59 Å². The number of nitrogens with zero attached hydrogens (tertiary/aromatic N) is 1. The van der Waals surface area contributed by atoms with Gasteiger partial charge < -0.3 is 9.25 Å². The summed E-state index contributed by atoms with van der Waals surface area (Å²) in [4.78, 5) is 28.9. The summed E-state index contributed by atoms with van der Waals surface area (Å²) in [5.74, 6) is -0.938. The molecule has 0 saturated heterocycles. The fraction of sp³-hybridized carbons (Fsp3) is 0. The Bertz CT molecular complexity index is 676. The SMILES string of the molecule is O=C(O/N=C1\Sc2ccccc2C1=O)c1ccco1. The molecule has 0 saturated carbocycles. The number of furan rings is 1. The minimum absolute atomic E-state index is 0.0392. The number of fused-ring (bicyclic) bond motifs is 1. The summed E-state index contributed by atoms with van der Waals surface area (Å²) in [5, 5.41) is 3.74. The van der Waals surface area contributed by atoms with Crippen LogP contribution in [0.4, 0.5) is 0 Å². The Hall–Kier alpha value is -2.34. The third-order valence-corrected chi connectivity index (χ3v) is 3.50. The van der Waals surface area contributed by atoms with Gasteiger partial charge in [-0.05, 0) is 24.3 Å². The Morgan fingerprint density at radius 2 is 2.05 bits per heavy atom. The normalized spacial score (nSPS) is 15.6. The summed E-state index contributed by atoms with van der Waals surface area (Å²) in [6, 6.07) is 10.2. The van der Waals surface area contributed by atoms with Crippen molar-refractivity contribution in [3.05, 3.63) is 54.0 Å². The van der Waals surface area contributed by atoms with E-state index in [1.165, 1.54) is 24.1 Å². The van der Waals surface area contributed by atoms with Crippen molar-refractivity contribution in [2.75, 3.05) is 0 Å². The number of thioether (sulfide) groups is 1. The standard InChI is InChI=1S/C13H7NO4S/c15-11-8-4-1-2-6-10(8)19-12(11)14-18-13(16)9-5-3-7-17-9/h1-7H/b14-12-. The molecule has 0 amide bonds. The third-order valence-electron chi connectivity index (χ3n) is 2.47. The summed E-state index contributed by atoms with van der Waals surface area (Å²) in [6.07, 6.45) is 1.36. The average Bonchev–Trinajstić information content (AvgIpc) is 3.05. The van der Waals surface area contributed by atoms with Gasteiger partial charge >= 0.3 is 5.97 Å². The Balaban J connectivity index is 1.77. The molecule has 19 heavy (non-hydrogen) atoms. The van der Waals surface area contributed by atoms with Gasteiger partial charge in [0.05, 0.1) is 6.26 Å². The zero-order chi connectivity index (χ0) is 13.2. The van der Waals surface area contributed by atoms with Crippen LogP contribution in [0.3, 0.4) is 0 Å². The van der Waals surface area contributed by atoms with E-state index in [1.54, 1.807) is 18.2 Å². The lowest BCUT2D eigenvalue weighted by Crippen LogP contribution is -2.07. The lowest BCUT2D eigenvalue weighted by molar-refractivity contribution is 0.0481. The maximum atomic E-state index is 11.9. The monoisotopic (exact) mass is 273 g/mol. The van der Waals surface area contributed by atoms with Crippen LogP contribution in [0.5, 0.6) is 0 Å². The van der Waals surface area contributed by atoms with Crippen LogP contribution < -0.4 is 0 Å². The smallest absolute Gasteiger partial charge is 0.400 e. The van der Waals surface area contributed by atoms with Crippen LogP contribution in [0.15, 0.2) is 57.1 Å². The first kappa shape index (κ1) is 11.7. The van der Waals surface area contributed by atoms with Crippen molar-refractivity contribution in [3.63, 3.8) is 0 Å². The molecule has 0 aliphatic carbocycles. The van der Waals surface area contributed by atoms with Crippen molar-refractivity contribution >= 4 is 28.6 Å². The fourth-order valence-electron chi connectivity index (χ4n) is 1.59. The highest BCUT2D eigenvalue weighted by atomic mass is 32.2. The van der Waals surface area contributed by atoms with Gasteiger partial charge in [0.1, 0.15) is 0 Å². The number of Topliss-reactive ketones (excluding diaryl/α,β-unsaturated/α-hetero) is 1. The minimum Gasteiger partial charge on any atom is -0.457 e. The summed E-state index contributed by atoms with van der Waals surface area (Å²) in [7, 11) is 0. The summed E-state index contributed by atoms with van der Waals surface area (Å²) < 4.78 is 4.86. The molecule has 0 radical (unpaired) electrons. The Morgan fingerprint density at radius 3 is 2.79 bits per heavy atom. The zero-order valence-electron chi connectivity index (χ0n) is 9.53. The summed E-state index contributed by atoms with van der Waals surface area (Å²) >= 11 is 1.18. The predicted octanol–water partition coefficient (Wildman–Crippen LogP) is 2.74. The Morgan fingerprint density at radius 1 is 1.21 bits per heavy atom. The predicted molar refractivity (Wildman–Crippen MR) is 68.2 cm³/mol. The molecule has 2 heterocycles. The summed E-state index contributed by atoms with van der Waals surface area (Å²) in [6.45, 7) is 0. The van der Waals surface area contributed by atoms with Crippen LogP contribution in [0.2, 0.25) is 0 Å². The van der Waals surface area contributed by atoms with Crippen LogP contribution in [-0.2, 0) is 4.84 Å². The lowest BCUT2D eigenvalue weighted by Gasteiger charge is -1.94. The molecule has 1 aliphatic heterocycles. The highest BCUT2D eigenvalue weighted by molar-refractivity contribution is 8.16. The van der Waals surface area contributed by atoms with E-state index in [2.05, 4.69) is 9.99 Å². The zero-order valence-corrected chi connectivity index (χ0v) is 10.3. The Kier molecular flexibility index (Phi) is 2.92. The molecule has 2 aromatic rings. The van der Waals surface area contributed by atoms with Gasteiger partial charge in [-0.15, -0.1) is 0 Å². The highest BCUT2D eigenvalue weighted by Crippen LogP contribution is 2.33. The molecule has 0 unspecified atom stereocenters. The van der Waals surface area contributed by atoms with E-state index in [0.29, 0.717) is 5.56 Å². The van der Waals surface area contributed by atoms with Gasteiger partial charge in [-0.2, -0.15) is 0 Å². The van der Waals surface area contributed by atoms with Crippen molar-refractivity contribution in [1.29, 1.82) is 0 Å². The second-order valence-corrected chi connectivity index (χ2v) is 4.71.